The predicted octanol–water partition coefficient (Wildman–Crippen LogP) is 4.38. The summed E-state index contributed by atoms with van der Waals surface area (Å²) in [5, 5.41) is 2.44. The van der Waals surface area contributed by atoms with Crippen LogP contribution in [0, 0.1) is 0 Å². The molecule has 0 aliphatic heterocycles. The van der Waals surface area contributed by atoms with Gasteiger partial charge in [0.15, 0.2) is 0 Å². The van der Waals surface area contributed by atoms with Crippen LogP contribution in [-0.4, -0.2) is 0 Å². The molecular formula is C17H15NO. The number of anilines is 1. The molecule has 3 aromatic carbocycles. The van der Waals surface area contributed by atoms with Gasteiger partial charge in [0, 0.05) is 0 Å². The van der Waals surface area contributed by atoms with Crippen molar-refractivity contribution in [3.8, 4) is 0 Å². The van der Waals surface area contributed by atoms with E-state index in [1.54, 1.807) is 0 Å². The van der Waals surface area contributed by atoms with Crippen molar-refractivity contribution in [2.75, 3.05) is 5.48 Å². The smallest absolute Gasteiger partial charge is 0.0996 e. The average molecular weight is 249 g/mol. The van der Waals surface area contributed by atoms with Crippen molar-refractivity contribution >= 4 is 16.5 Å². The molecule has 0 heterocycles. The zero-order valence-electron chi connectivity index (χ0n) is 10.5. The molecule has 0 saturated carbocycles. The monoisotopic (exact) mass is 249 g/mol. The first-order chi connectivity index (χ1) is 9.42. The van der Waals surface area contributed by atoms with Crippen molar-refractivity contribution in [3.05, 3.63) is 78.4 Å². The number of hydrogen-bond acceptors (Lipinski definition) is 2. The molecule has 0 amide bonds. The van der Waals surface area contributed by atoms with Gasteiger partial charge in [-0.1, -0.05) is 60.7 Å². The van der Waals surface area contributed by atoms with Crippen molar-refractivity contribution in [1.29, 1.82) is 0 Å². The van der Waals surface area contributed by atoms with E-state index in [0.29, 0.717) is 6.61 Å². The number of hydrogen-bond donors (Lipinski definition) is 1. The molecule has 0 aliphatic rings. The van der Waals surface area contributed by atoms with Crippen LogP contribution in [0.5, 0.6) is 0 Å². The van der Waals surface area contributed by atoms with Crippen LogP contribution >= 0.6 is 0 Å². The van der Waals surface area contributed by atoms with Crippen LogP contribution in [0.15, 0.2) is 72.8 Å². The highest BCUT2D eigenvalue weighted by Crippen LogP contribution is 2.18. The van der Waals surface area contributed by atoms with E-state index in [4.69, 9.17) is 4.84 Å². The van der Waals surface area contributed by atoms with Gasteiger partial charge in [-0.3, -0.25) is 10.3 Å². The lowest BCUT2D eigenvalue weighted by Gasteiger charge is -2.08. The molecule has 3 aromatic rings. The average Bonchev–Trinajstić information content (AvgIpc) is 2.48. The standard InChI is InChI=1S/C17H15NO/c1-2-6-14(7-3-1)13-19-18-17-11-10-15-8-4-5-9-16(15)12-17/h1-12,18H,13H2. The Morgan fingerprint density at radius 2 is 1.47 bits per heavy atom. The first-order valence-corrected chi connectivity index (χ1v) is 6.32. The molecule has 2 heteroatoms. The third kappa shape index (κ3) is 2.92. The van der Waals surface area contributed by atoms with Crippen molar-refractivity contribution in [3.63, 3.8) is 0 Å². The Kier molecular flexibility index (Phi) is 3.43. The molecule has 0 spiro atoms. The fraction of sp³-hybridized carbons (Fsp3) is 0.0588. The van der Waals surface area contributed by atoms with Gasteiger partial charge in [0.25, 0.3) is 0 Å². The minimum Gasteiger partial charge on any atom is -0.271 e. The minimum atomic E-state index is 0.549. The number of benzene rings is 3. The van der Waals surface area contributed by atoms with Gasteiger partial charge in [0.05, 0.1) is 12.3 Å². The first-order valence-electron chi connectivity index (χ1n) is 6.32. The quantitative estimate of drug-likeness (QED) is 0.693. The lowest BCUT2D eigenvalue weighted by atomic mass is 10.1. The summed E-state index contributed by atoms with van der Waals surface area (Å²) in [6.07, 6.45) is 0. The molecule has 1 N–H and O–H groups in total. The fourth-order valence-electron chi connectivity index (χ4n) is 2.03. The normalized spacial score (nSPS) is 10.5. The highest BCUT2D eigenvalue weighted by Gasteiger charge is 1.96. The molecule has 3 rings (SSSR count). The molecular weight excluding hydrogens is 234 g/mol. The summed E-state index contributed by atoms with van der Waals surface area (Å²) < 4.78 is 0. The Bertz CT molecular complexity index is 664. The highest BCUT2D eigenvalue weighted by molar-refractivity contribution is 5.85. The van der Waals surface area contributed by atoms with Gasteiger partial charge in [0.1, 0.15) is 0 Å². The van der Waals surface area contributed by atoms with E-state index >= 15 is 0 Å². The lowest BCUT2D eigenvalue weighted by Crippen LogP contribution is -2.01. The molecule has 0 unspecified atom stereocenters. The Hall–Kier alpha value is -2.32. The van der Waals surface area contributed by atoms with Crippen LogP contribution in [0.4, 0.5) is 5.69 Å². The molecule has 94 valence electrons. The minimum absolute atomic E-state index is 0.549. The summed E-state index contributed by atoms with van der Waals surface area (Å²) in [5.41, 5.74) is 5.10. The predicted molar refractivity (Wildman–Crippen MR) is 78.8 cm³/mol. The third-order valence-electron chi connectivity index (χ3n) is 3.02. The van der Waals surface area contributed by atoms with Crippen LogP contribution in [0.1, 0.15) is 5.56 Å². The van der Waals surface area contributed by atoms with Gasteiger partial charge in [-0.05, 0) is 28.5 Å². The van der Waals surface area contributed by atoms with Crippen molar-refractivity contribution in [2.45, 2.75) is 6.61 Å². The maximum Gasteiger partial charge on any atom is 0.0996 e. The number of rotatable bonds is 4. The van der Waals surface area contributed by atoms with Gasteiger partial charge in [-0.2, -0.15) is 0 Å². The third-order valence-corrected chi connectivity index (χ3v) is 3.02. The number of fused-ring (bicyclic) bond motifs is 1. The molecule has 2 nitrogen and oxygen atoms in total. The van der Waals surface area contributed by atoms with Gasteiger partial charge >= 0.3 is 0 Å². The molecule has 0 fully saturated rings. The zero-order valence-corrected chi connectivity index (χ0v) is 10.5. The van der Waals surface area contributed by atoms with E-state index in [9.17, 15) is 0 Å². The van der Waals surface area contributed by atoms with Gasteiger partial charge in [0.2, 0.25) is 0 Å². The molecule has 0 atom stereocenters. The summed E-state index contributed by atoms with van der Waals surface area (Å²) in [6, 6.07) is 24.6. The van der Waals surface area contributed by atoms with Crippen LogP contribution in [0.2, 0.25) is 0 Å². The Morgan fingerprint density at radius 1 is 0.737 bits per heavy atom. The Morgan fingerprint density at radius 3 is 2.32 bits per heavy atom. The van der Waals surface area contributed by atoms with Gasteiger partial charge in [-0.25, -0.2) is 0 Å². The second kappa shape index (κ2) is 5.55. The van der Waals surface area contributed by atoms with E-state index in [2.05, 4.69) is 29.7 Å². The SMILES string of the molecule is c1ccc(CONc2ccc3ccccc3c2)cc1. The molecule has 0 saturated heterocycles. The maximum atomic E-state index is 5.50. The van der Waals surface area contributed by atoms with Crippen molar-refractivity contribution in [2.24, 2.45) is 0 Å². The van der Waals surface area contributed by atoms with E-state index in [1.807, 2.05) is 48.5 Å². The van der Waals surface area contributed by atoms with Crippen LogP contribution < -0.4 is 5.48 Å². The van der Waals surface area contributed by atoms with E-state index in [0.717, 1.165) is 11.3 Å². The molecule has 19 heavy (non-hydrogen) atoms. The first kappa shape index (κ1) is 11.8. The van der Waals surface area contributed by atoms with E-state index in [-0.39, 0.29) is 0 Å². The van der Waals surface area contributed by atoms with Crippen LogP contribution in [0.25, 0.3) is 10.8 Å². The zero-order chi connectivity index (χ0) is 12.9. The summed E-state index contributed by atoms with van der Waals surface area (Å²) in [5.74, 6) is 0. The van der Waals surface area contributed by atoms with Crippen LogP contribution in [-0.2, 0) is 11.4 Å². The second-order valence-electron chi connectivity index (χ2n) is 4.44. The molecule has 0 aliphatic carbocycles. The van der Waals surface area contributed by atoms with Gasteiger partial charge < -0.3 is 0 Å². The number of nitrogens with one attached hydrogen (secondary N) is 1. The summed E-state index contributed by atoms with van der Waals surface area (Å²) in [7, 11) is 0. The molecule has 0 bridgehead atoms. The summed E-state index contributed by atoms with van der Waals surface area (Å²) in [6.45, 7) is 0.549. The lowest BCUT2D eigenvalue weighted by molar-refractivity contribution is 0.180. The second-order valence-corrected chi connectivity index (χ2v) is 4.44. The van der Waals surface area contributed by atoms with Gasteiger partial charge in [-0.15, -0.1) is 0 Å². The largest absolute Gasteiger partial charge is 0.271 e. The Balaban J connectivity index is 1.65. The summed E-state index contributed by atoms with van der Waals surface area (Å²) in [4.78, 5) is 5.50. The summed E-state index contributed by atoms with van der Waals surface area (Å²) >= 11 is 0. The van der Waals surface area contributed by atoms with Crippen molar-refractivity contribution < 1.29 is 4.84 Å². The fourth-order valence-corrected chi connectivity index (χ4v) is 2.03. The maximum absolute atomic E-state index is 5.50. The topological polar surface area (TPSA) is 21.3 Å². The van der Waals surface area contributed by atoms with E-state index in [1.165, 1.54) is 10.8 Å². The molecule has 0 radical (unpaired) electrons. The highest BCUT2D eigenvalue weighted by atomic mass is 16.6. The van der Waals surface area contributed by atoms with E-state index < -0.39 is 0 Å². The van der Waals surface area contributed by atoms with Crippen molar-refractivity contribution in [1.82, 2.24) is 0 Å². The van der Waals surface area contributed by atoms with Crippen LogP contribution in [0.3, 0.4) is 0 Å². The Labute approximate surface area is 112 Å². The molecule has 0 aromatic heterocycles.